The zero-order valence-corrected chi connectivity index (χ0v) is 11.0. The molecule has 2 atom stereocenters. The van der Waals surface area contributed by atoms with E-state index in [2.05, 4.69) is 16.8 Å². The smallest absolute Gasteiger partial charge is 0.128 e. The highest BCUT2D eigenvalue weighted by Crippen LogP contribution is 2.28. The van der Waals surface area contributed by atoms with E-state index in [0.29, 0.717) is 17.6 Å². The maximum Gasteiger partial charge on any atom is 0.128 e. The molecule has 2 rings (SSSR count). The van der Waals surface area contributed by atoms with Gasteiger partial charge in [-0.15, -0.1) is 0 Å². The summed E-state index contributed by atoms with van der Waals surface area (Å²) in [5, 5.41) is 0.682. The standard InChI is InChI=1S/C13H20ClN3/c1-2-10-5-6-17(12(7-10)8-15)13-4-3-11(14)9-16-13/h3-4,9-10,12H,2,5-8,15H2,1H3. The molecule has 0 radical (unpaired) electrons. The van der Waals surface area contributed by atoms with Gasteiger partial charge in [0.05, 0.1) is 5.02 Å². The Balaban J connectivity index is 2.12. The minimum atomic E-state index is 0.419. The third kappa shape index (κ3) is 2.90. The van der Waals surface area contributed by atoms with Crippen molar-refractivity contribution in [2.45, 2.75) is 32.2 Å². The molecule has 4 heteroatoms. The number of nitrogens with zero attached hydrogens (tertiary/aromatic N) is 2. The minimum absolute atomic E-state index is 0.419. The highest BCUT2D eigenvalue weighted by Gasteiger charge is 2.27. The van der Waals surface area contributed by atoms with Crippen LogP contribution in [0.3, 0.4) is 0 Å². The summed E-state index contributed by atoms with van der Waals surface area (Å²) in [6.07, 6.45) is 5.36. The molecule has 1 fully saturated rings. The van der Waals surface area contributed by atoms with E-state index in [1.807, 2.05) is 12.1 Å². The van der Waals surface area contributed by atoms with Gasteiger partial charge in [-0.05, 0) is 30.9 Å². The van der Waals surface area contributed by atoms with Crippen LogP contribution in [0, 0.1) is 5.92 Å². The van der Waals surface area contributed by atoms with Crippen LogP contribution in [-0.4, -0.2) is 24.1 Å². The van der Waals surface area contributed by atoms with Gasteiger partial charge in [0, 0.05) is 25.3 Å². The van der Waals surface area contributed by atoms with Crippen LogP contribution in [0.1, 0.15) is 26.2 Å². The fourth-order valence-electron chi connectivity index (χ4n) is 2.57. The number of pyridine rings is 1. The second-order valence-corrected chi connectivity index (χ2v) is 5.15. The highest BCUT2D eigenvalue weighted by molar-refractivity contribution is 6.30. The second-order valence-electron chi connectivity index (χ2n) is 4.72. The average Bonchev–Trinajstić information content (AvgIpc) is 2.39. The van der Waals surface area contributed by atoms with Crippen LogP contribution in [0.15, 0.2) is 18.3 Å². The van der Waals surface area contributed by atoms with E-state index in [0.717, 1.165) is 18.3 Å². The van der Waals surface area contributed by atoms with E-state index in [1.54, 1.807) is 6.20 Å². The van der Waals surface area contributed by atoms with E-state index >= 15 is 0 Å². The lowest BCUT2D eigenvalue weighted by Crippen LogP contribution is -2.47. The van der Waals surface area contributed by atoms with E-state index in [-0.39, 0.29) is 0 Å². The van der Waals surface area contributed by atoms with E-state index in [1.165, 1.54) is 19.3 Å². The van der Waals surface area contributed by atoms with Crippen molar-refractivity contribution in [3.8, 4) is 0 Å². The molecule has 2 unspecified atom stereocenters. The van der Waals surface area contributed by atoms with Crippen LogP contribution < -0.4 is 10.6 Å². The summed E-state index contributed by atoms with van der Waals surface area (Å²) < 4.78 is 0. The fraction of sp³-hybridized carbons (Fsp3) is 0.615. The van der Waals surface area contributed by atoms with Crippen LogP contribution in [0.25, 0.3) is 0 Å². The molecule has 94 valence electrons. The fourth-order valence-corrected chi connectivity index (χ4v) is 2.68. The van der Waals surface area contributed by atoms with Gasteiger partial charge in [0.25, 0.3) is 0 Å². The van der Waals surface area contributed by atoms with Gasteiger partial charge in [-0.3, -0.25) is 0 Å². The zero-order chi connectivity index (χ0) is 12.3. The second kappa shape index (κ2) is 5.69. The molecule has 3 nitrogen and oxygen atoms in total. The molecular weight excluding hydrogens is 234 g/mol. The van der Waals surface area contributed by atoms with Gasteiger partial charge >= 0.3 is 0 Å². The van der Waals surface area contributed by atoms with Gasteiger partial charge < -0.3 is 10.6 Å². The summed E-state index contributed by atoms with van der Waals surface area (Å²) in [6.45, 7) is 4.00. The van der Waals surface area contributed by atoms with Crippen LogP contribution in [0.2, 0.25) is 5.02 Å². The van der Waals surface area contributed by atoms with Gasteiger partial charge in [0.15, 0.2) is 0 Å². The number of hydrogen-bond acceptors (Lipinski definition) is 3. The SMILES string of the molecule is CCC1CCN(c2ccc(Cl)cn2)C(CN)C1. The third-order valence-corrected chi connectivity index (χ3v) is 3.90. The molecule has 0 spiro atoms. The first-order chi connectivity index (χ1) is 8.24. The molecule has 17 heavy (non-hydrogen) atoms. The number of piperidine rings is 1. The lowest BCUT2D eigenvalue weighted by atomic mass is 9.89. The van der Waals surface area contributed by atoms with Crippen molar-refractivity contribution in [3.63, 3.8) is 0 Å². The lowest BCUT2D eigenvalue weighted by Gasteiger charge is -2.39. The first-order valence-corrected chi connectivity index (χ1v) is 6.70. The van der Waals surface area contributed by atoms with Crippen molar-refractivity contribution < 1.29 is 0 Å². The number of nitrogens with two attached hydrogens (primary N) is 1. The van der Waals surface area contributed by atoms with Gasteiger partial charge in [0.2, 0.25) is 0 Å². The molecule has 1 aromatic heterocycles. The number of hydrogen-bond donors (Lipinski definition) is 1. The topological polar surface area (TPSA) is 42.2 Å². The maximum atomic E-state index is 5.88. The molecule has 0 bridgehead atoms. The quantitative estimate of drug-likeness (QED) is 0.901. The molecule has 0 saturated carbocycles. The van der Waals surface area contributed by atoms with Gasteiger partial charge in [0.1, 0.15) is 5.82 Å². The summed E-state index contributed by atoms with van der Waals surface area (Å²) in [5.41, 5.74) is 5.88. The summed E-state index contributed by atoms with van der Waals surface area (Å²) in [4.78, 5) is 6.71. The monoisotopic (exact) mass is 253 g/mol. The molecule has 2 N–H and O–H groups in total. The molecular formula is C13H20ClN3. The predicted octanol–water partition coefficient (Wildman–Crippen LogP) is 2.69. The molecule has 2 heterocycles. The highest BCUT2D eigenvalue weighted by atomic mass is 35.5. The van der Waals surface area contributed by atoms with Crippen LogP contribution in [-0.2, 0) is 0 Å². The molecule has 0 aliphatic carbocycles. The molecule has 1 aliphatic heterocycles. The summed E-state index contributed by atoms with van der Waals surface area (Å²) >= 11 is 5.86. The third-order valence-electron chi connectivity index (χ3n) is 3.68. The van der Waals surface area contributed by atoms with E-state index in [9.17, 15) is 0 Å². The Labute approximate surface area is 108 Å². The van der Waals surface area contributed by atoms with Crippen molar-refractivity contribution >= 4 is 17.4 Å². The summed E-state index contributed by atoms with van der Waals surface area (Å²) in [7, 11) is 0. The van der Waals surface area contributed by atoms with Crippen LogP contribution >= 0.6 is 11.6 Å². The molecule has 0 amide bonds. The van der Waals surface area contributed by atoms with Crippen molar-refractivity contribution in [2.24, 2.45) is 11.7 Å². The van der Waals surface area contributed by atoms with Crippen molar-refractivity contribution in [1.82, 2.24) is 4.98 Å². The molecule has 0 aromatic carbocycles. The minimum Gasteiger partial charge on any atom is -0.352 e. The predicted molar refractivity (Wildman–Crippen MR) is 72.5 cm³/mol. The number of anilines is 1. The van der Waals surface area contributed by atoms with Gasteiger partial charge in [-0.2, -0.15) is 0 Å². The molecule has 1 aromatic rings. The van der Waals surface area contributed by atoms with Gasteiger partial charge in [-0.1, -0.05) is 24.9 Å². The van der Waals surface area contributed by atoms with Crippen molar-refractivity contribution in [3.05, 3.63) is 23.4 Å². The molecule has 1 aliphatic rings. The molecule has 1 saturated heterocycles. The van der Waals surface area contributed by atoms with E-state index in [4.69, 9.17) is 17.3 Å². The van der Waals surface area contributed by atoms with Crippen molar-refractivity contribution in [2.75, 3.05) is 18.0 Å². The Morgan fingerprint density at radius 3 is 2.94 bits per heavy atom. The van der Waals surface area contributed by atoms with Gasteiger partial charge in [-0.25, -0.2) is 4.98 Å². The largest absolute Gasteiger partial charge is 0.352 e. The van der Waals surface area contributed by atoms with Crippen LogP contribution in [0.4, 0.5) is 5.82 Å². The Kier molecular flexibility index (Phi) is 4.24. The normalized spacial score (nSPS) is 25.0. The average molecular weight is 254 g/mol. The van der Waals surface area contributed by atoms with Crippen LogP contribution in [0.5, 0.6) is 0 Å². The first-order valence-electron chi connectivity index (χ1n) is 6.32. The Bertz CT molecular complexity index is 352. The Morgan fingerprint density at radius 1 is 1.53 bits per heavy atom. The summed E-state index contributed by atoms with van der Waals surface area (Å²) in [6, 6.07) is 4.29. The summed E-state index contributed by atoms with van der Waals surface area (Å²) in [5.74, 6) is 1.81. The first kappa shape index (κ1) is 12.7. The Morgan fingerprint density at radius 2 is 2.35 bits per heavy atom. The van der Waals surface area contributed by atoms with E-state index < -0.39 is 0 Å². The lowest BCUT2D eigenvalue weighted by molar-refractivity contribution is 0.334. The maximum absolute atomic E-state index is 5.88. The number of halogens is 1. The Hall–Kier alpha value is -0.800. The van der Waals surface area contributed by atoms with Crippen molar-refractivity contribution in [1.29, 1.82) is 0 Å². The zero-order valence-electron chi connectivity index (χ0n) is 10.3. The number of aromatic nitrogens is 1. The number of rotatable bonds is 3.